The molecular formula is C20H14F3N3O2S3. The van der Waals surface area contributed by atoms with E-state index in [1.165, 1.54) is 35.2 Å². The maximum Gasteiger partial charge on any atom is 0.573 e. The molecule has 0 spiro atoms. The van der Waals surface area contributed by atoms with E-state index in [1.54, 1.807) is 18.3 Å². The van der Waals surface area contributed by atoms with Crippen molar-refractivity contribution in [1.82, 2.24) is 9.97 Å². The quantitative estimate of drug-likeness (QED) is 0.257. The monoisotopic (exact) mass is 481 g/mol. The predicted molar refractivity (Wildman–Crippen MR) is 118 cm³/mol. The third-order valence-corrected chi connectivity index (χ3v) is 6.76. The highest BCUT2D eigenvalue weighted by molar-refractivity contribution is 8.00. The summed E-state index contributed by atoms with van der Waals surface area (Å²) in [5.41, 5.74) is 1.41. The van der Waals surface area contributed by atoms with Gasteiger partial charge >= 0.3 is 6.36 Å². The summed E-state index contributed by atoms with van der Waals surface area (Å²) >= 11 is 4.45. The molecule has 0 unspecified atom stereocenters. The lowest BCUT2D eigenvalue weighted by atomic mass is 10.2. The number of thiophene rings is 2. The largest absolute Gasteiger partial charge is 0.573 e. The zero-order valence-corrected chi connectivity index (χ0v) is 18.3. The van der Waals surface area contributed by atoms with Crippen molar-refractivity contribution in [3.63, 3.8) is 0 Å². The average Bonchev–Trinajstić information content (AvgIpc) is 3.36. The van der Waals surface area contributed by atoms with Crippen LogP contribution in [0.15, 0.2) is 52.2 Å². The Hall–Kier alpha value is -2.63. The fourth-order valence-corrected chi connectivity index (χ4v) is 5.56. The molecule has 1 amide bonds. The summed E-state index contributed by atoms with van der Waals surface area (Å²) in [5.74, 6) is 0.0610. The number of halogens is 3. The summed E-state index contributed by atoms with van der Waals surface area (Å²) in [6.45, 7) is 1.80. The molecule has 0 saturated heterocycles. The number of carbonyl (C=O) groups excluding carboxylic acids is 1. The number of hydrogen-bond acceptors (Lipinski definition) is 7. The van der Waals surface area contributed by atoms with Gasteiger partial charge in [0, 0.05) is 21.5 Å². The summed E-state index contributed by atoms with van der Waals surface area (Å²) in [7, 11) is 0. The maximum atomic E-state index is 12.4. The van der Waals surface area contributed by atoms with Crippen LogP contribution in [0.25, 0.3) is 20.7 Å². The Morgan fingerprint density at radius 3 is 2.61 bits per heavy atom. The number of nitrogens with one attached hydrogen (secondary N) is 1. The zero-order valence-electron chi connectivity index (χ0n) is 15.9. The van der Waals surface area contributed by atoms with Crippen LogP contribution in [-0.4, -0.2) is 28.0 Å². The summed E-state index contributed by atoms with van der Waals surface area (Å²) < 4.78 is 40.6. The van der Waals surface area contributed by atoms with Crippen LogP contribution >= 0.6 is 34.4 Å². The van der Waals surface area contributed by atoms with Crippen molar-refractivity contribution in [2.24, 2.45) is 0 Å². The Morgan fingerprint density at radius 2 is 1.94 bits per heavy atom. The number of alkyl halides is 3. The zero-order chi connectivity index (χ0) is 22.0. The van der Waals surface area contributed by atoms with Gasteiger partial charge in [-0.3, -0.25) is 4.79 Å². The van der Waals surface area contributed by atoms with Crippen LogP contribution in [0.3, 0.4) is 0 Å². The number of hydrogen-bond donors (Lipinski definition) is 1. The average molecular weight is 482 g/mol. The van der Waals surface area contributed by atoms with E-state index in [2.05, 4.69) is 20.0 Å². The molecular weight excluding hydrogens is 467 g/mol. The molecule has 1 aromatic carbocycles. The highest BCUT2D eigenvalue weighted by Crippen LogP contribution is 2.40. The van der Waals surface area contributed by atoms with Gasteiger partial charge < -0.3 is 10.1 Å². The van der Waals surface area contributed by atoms with Crippen molar-refractivity contribution >= 4 is 56.2 Å². The Labute approximate surface area is 187 Å². The number of fused-ring (bicyclic) bond motifs is 1. The lowest BCUT2D eigenvalue weighted by Gasteiger charge is -2.10. The first-order valence-electron chi connectivity index (χ1n) is 8.87. The van der Waals surface area contributed by atoms with E-state index in [0.29, 0.717) is 11.5 Å². The van der Waals surface area contributed by atoms with Gasteiger partial charge in [-0.2, -0.15) is 0 Å². The van der Waals surface area contributed by atoms with E-state index in [4.69, 9.17) is 0 Å². The normalized spacial score (nSPS) is 11.6. The Kier molecular flexibility index (Phi) is 6.17. The summed E-state index contributed by atoms with van der Waals surface area (Å²) in [5, 5.41) is 8.35. The minimum absolute atomic E-state index is 0.0894. The van der Waals surface area contributed by atoms with Crippen LogP contribution in [0, 0.1) is 6.92 Å². The molecule has 0 radical (unpaired) electrons. The number of aryl methyl sites for hydroxylation is 1. The summed E-state index contributed by atoms with van der Waals surface area (Å²) in [6, 6.07) is 9.00. The molecule has 11 heteroatoms. The SMILES string of the molecule is Cc1nc(SCC(=O)Nc2ccc(OC(F)(F)F)cc2)c2c(-c3cccs3)csc2n1. The molecule has 0 aliphatic rings. The highest BCUT2D eigenvalue weighted by Gasteiger charge is 2.31. The Bertz CT molecular complexity index is 1210. The molecule has 5 nitrogen and oxygen atoms in total. The Morgan fingerprint density at radius 1 is 1.16 bits per heavy atom. The Balaban J connectivity index is 1.46. The summed E-state index contributed by atoms with van der Waals surface area (Å²) in [4.78, 5) is 23.4. The number of aromatic nitrogens is 2. The van der Waals surface area contributed by atoms with Gasteiger partial charge in [0.1, 0.15) is 21.4 Å². The first kappa shape index (κ1) is 21.6. The number of ether oxygens (including phenoxy) is 1. The molecule has 3 heterocycles. The van der Waals surface area contributed by atoms with Gasteiger partial charge in [0.2, 0.25) is 5.91 Å². The second-order valence-corrected chi connectivity index (χ2v) is 9.06. The molecule has 0 saturated carbocycles. The fourth-order valence-electron chi connectivity index (χ4n) is 2.80. The number of thioether (sulfide) groups is 1. The standard InChI is InChI=1S/C20H14F3N3O2S3/c1-11-24-18-17(14(9-30-18)15-3-2-8-29-15)19(25-11)31-10-16(27)26-12-4-6-13(7-5-12)28-20(21,22)23/h2-9H,10H2,1H3,(H,26,27). The lowest BCUT2D eigenvalue weighted by molar-refractivity contribution is -0.274. The van der Waals surface area contributed by atoms with Gasteiger partial charge in [0.15, 0.2) is 0 Å². The van der Waals surface area contributed by atoms with Crippen LogP contribution in [0.2, 0.25) is 0 Å². The van der Waals surface area contributed by atoms with Gasteiger partial charge in [-0.1, -0.05) is 17.8 Å². The molecule has 0 atom stereocenters. The number of benzene rings is 1. The van der Waals surface area contributed by atoms with Crippen LogP contribution < -0.4 is 10.1 Å². The molecule has 4 rings (SSSR count). The van der Waals surface area contributed by atoms with Crippen molar-refractivity contribution in [3.8, 4) is 16.2 Å². The highest BCUT2D eigenvalue weighted by atomic mass is 32.2. The third kappa shape index (κ3) is 5.35. The second-order valence-electron chi connectivity index (χ2n) is 6.29. The van der Waals surface area contributed by atoms with Gasteiger partial charge in [-0.15, -0.1) is 35.8 Å². The van der Waals surface area contributed by atoms with Crippen molar-refractivity contribution in [2.45, 2.75) is 18.3 Å². The number of nitrogens with zero attached hydrogens (tertiary/aromatic N) is 2. The van der Waals surface area contributed by atoms with Gasteiger partial charge in [-0.05, 0) is 42.6 Å². The topological polar surface area (TPSA) is 64.1 Å². The van der Waals surface area contributed by atoms with Crippen LogP contribution in [-0.2, 0) is 4.79 Å². The number of carbonyl (C=O) groups is 1. The van der Waals surface area contributed by atoms with Crippen molar-refractivity contribution in [3.05, 3.63) is 53.0 Å². The molecule has 0 fully saturated rings. The molecule has 3 aromatic heterocycles. The van der Waals surface area contributed by atoms with Crippen molar-refractivity contribution in [2.75, 3.05) is 11.1 Å². The first-order valence-corrected chi connectivity index (χ1v) is 11.6. The van der Waals surface area contributed by atoms with E-state index in [9.17, 15) is 18.0 Å². The number of amides is 1. The molecule has 0 aliphatic carbocycles. The summed E-state index contributed by atoms with van der Waals surface area (Å²) in [6.07, 6.45) is -4.76. The molecule has 4 aromatic rings. The minimum Gasteiger partial charge on any atom is -0.406 e. The molecule has 31 heavy (non-hydrogen) atoms. The van der Waals surface area contributed by atoms with Gasteiger partial charge in [0.25, 0.3) is 0 Å². The number of rotatable bonds is 6. The smallest absolute Gasteiger partial charge is 0.406 e. The molecule has 1 N–H and O–H groups in total. The fraction of sp³-hybridized carbons (Fsp3) is 0.150. The third-order valence-electron chi connectivity index (χ3n) is 4.01. The van der Waals surface area contributed by atoms with E-state index >= 15 is 0 Å². The minimum atomic E-state index is -4.76. The first-order chi connectivity index (χ1) is 14.8. The molecule has 160 valence electrons. The van der Waals surface area contributed by atoms with Crippen LogP contribution in [0.1, 0.15) is 5.82 Å². The predicted octanol–water partition coefficient (Wildman–Crippen LogP) is 6.36. The van der Waals surface area contributed by atoms with Crippen LogP contribution in [0.4, 0.5) is 18.9 Å². The number of anilines is 1. The van der Waals surface area contributed by atoms with E-state index in [0.717, 1.165) is 37.8 Å². The second kappa shape index (κ2) is 8.85. The molecule has 0 aliphatic heterocycles. The maximum absolute atomic E-state index is 12.4. The van der Waals surface area contributed by atoms with E-state index < -0.39 is 6.36 Å². The van der Waals surface area contributed by atoms with Crippen LogP contribution in [0.5, 0.6) is 5.75 Å². The van der Waals surface area contributed by atoms with E-state index in [1.807, 2.05) is 22.9 Å². The van der Waals surface area contributed by atoms with Crippen molar-refractivity contribution < 1.29 is 22.7 Å². The van der Waals surface area contributed by atoms with Gasteiger partial charge in [-0.25, -0.2) is 9.97 Å². The van der Waals surface area contributed by atoms with Crippen molar-refractivity contribution in [1.29, 1.82) is 0 Å². The van der Waals surface area contributed by atoms with E-state index in [-0.39, 0.29) is 17.4 Å². The lowest BCUT2D eigenvalue weighted by Crippen LogP contribution is -2.17. The van der Waals surface area contributed by atoms with Gasteiger partial charge in [0.05, 0.1) is 11.1 Å². The molecule has 0 bridgehead atoms.